The van der Waals surface area contributed by atoms with Crippen molar-refractivity contribution in [3.63, 3.8) is 0 Å². The lowest BCUT2D eigenvalue weighted by Crippen LogP contribution is -2.44. The average molecular weight is 334 g/mol. The van der Waals surface area contributed by atoms with Crippen molar-refractivity contribution in [3.05, 3.63) is 18.3 Å². The van der Waals surface area contributed by atoms with E-state index in [2.05, 4.69) is 27.9 Å². The second kappa shape index (κ2) is 7.81. The molecule has 0 saturated carbocycles. The summed E-state index contributed by atoms with van der Waals surface area (Å²) in [7, 11) is 0. The summed E-state index contributed by atoms with van der Waals surface area (Å²) in [5.74, 6) is 0.508. The SMILES string of the molecule is CC1(CNC(=O)Nc2ccnc(OC3CCOC3)c2)CCNCC1. The number of nitrogens with one attached hydrogen (secondary N) is 3. The highest BCUT2D eigenvalue weighted by Gasteiger charge is 2.27. The standard InChI is InChI=1S/C17H26N4O3/c1-17(4-7-18-8-5-17)12-20-16(22)21-13-2-6-19-15(10-13)24-14-3-9-23-11-14/h2,6,10,14,18H,3-5,7-9,11-12H2,1H3,(H2,19,20,21,22). The molecule has 3 N–H and O–H groups in total. The van der Waals surface area contributed by atoms with Crippen molar-refractivity contribution in [2.45, 2.75) is 32.3 Å². The monoisotopic (exact) mass is 334 g/mol. The minimum atomic E-state index is -0.198. The molecule has 1 aromatic rings. The van der Waals surface area contributed by atoms with E-state index in [0.29, 0.717) is 24.7 Å². The van der Waals surface area contributed by atoms with Gasteiger partial charge in [0.2, 0.25) is 5.88 Å². The van der Waals surface area contributed by atoms with Crippen LogP contribution in [-0.4, -0.2) is 50.0 Å². The van der Waals surface area contributed by atoms with E-state index in [1.807, 2.05) is 0 Å². The van der Waals surface area contributed by atoms with Crippen molar-refractivity contribution in [1.82, 2.24) is 15.6 Å². The summed E-state index contributed by atoms with van der Waals surface area (Å²) in [6.07, 6.45) is 4.69. The van der Waals surface area contributed by atoms with Crippen LogP contribution in [0.15, 0.2) is 18.3 Å². The predicted octanol–water partition coefficient (Wildman–Crippen LogP) is 1.76. The van der Waals surface area contributed by atoms with Gasteiger partial charge in [0.25, 0.3) is 0 Å². The fourth-order valence-electron chi connectivity index (χ4n) is 3.00. The summed E-state index contributed by atoms with van der Waals surface area (Å²) in [6, 6.07) is 3.30. The Bertz CT molecular complexity index is 555. The molecule has 24 heavy (non-hydrogen) atoms. The lowest BCUT2D eigenvalue weighted by molar-refractivity contribution is 0.138. The number of nitrogens with zero attached hydrogens (tertiary/aromatic N) is 1. The molecule has 3 heterocycles. The summed E-state index contributed by atoms with van der Waals surface area (Å²) < 4.78 is 11.0. The first-order valence-corrected chi connectivity index (χ1v) is 8.59. The fourth-order valence-corrected chi connectivity index (χ4v) is 3.00. The molecule has 2 amide bonds. The van der Waals surface area contributed by atoms with Gasteiger partial charge in [-0.05, 0) is 37.4 Å². The van der Waals surface area contributed by atoms with Gasteiger partial charge in [-0.2, -0.15) is 0 Å². The molecule has 2 saturated heterocycles. The number of hydrogen-bond acceptors (Lipinski definition) is 5. The lowest BCUT2D eigenvalue weighted by Gasteiger charge is -2.34. The third-order valence-corrected chi connectivity index (χ3v) is 4.65. The maximum absolute atomic E-state index is 12.1. The molecule has 0 spiro atoms. The third kappa shape index (κ3) is 4.82. The van der Waals surface area contributed by atoms with Crippen LogP contribution in [0.1, 0.15) is 26.2 Å². The number of urea groups is 1. The van der Waals surface area contributed by atoms with Gasteiger partial charge in [0.1, 0.15) is 6.10 Å². The number of amides is 2. The Morgan fingerprint density at radius 3 is 3.08 bits per heavy atom. The van der Waals surface area contributed by atoms with Crippen molar-refractivity contribution in [2.75, 3.05) is 38.2 Å². The minimum absolute atomic E-state index is 0.0430. The van der Waals surface area contributed by atoms with Gasteiger partial charge in [-0.15, -0.1) is 0 Å². The molecule has 0 aliphatic carbocycles. The van der Waals surface area contributed by atoms with Crippen LogP contribution in [0.4, 0.5) is 10.5 Å². The Kier molecular flexibility index (Phi) is 5.52. The molecule has 3 rings (SSSR count). The van der Waals surface area contributed by atoms with Gasteiger partial charge in [-0.3, -0.25) is 0 Å². The number of pyridine rings is 1. The highest BCUT2D eigenvalue weighted by molar-refractivity contribution is 5.89. The molecule has 2 aliphatic heterocycles. The number of hydrogen-bond donors (Lipinski definition) is 3. The van der Waals surface area contributed by atoms with E-state index in [9.17, 15) is 4.79 Å². The van der Waals surface area contributed by atoms with Crippen LogP contribution in [-0.2, 0) is 4.74 Å². The molecule has 1 unspecified atom stereocenters. The van der Waals surface area contributed by atoms with Gasteiger partial charge in [-0.25, -0.2) is 9.78 Å². The van der Waals surface area contributed by atoms with Crippen molar-refractivity contribution in [3.8, 4) is 5.88 Å². The van der Waals surface area contributed by atoms with Gasteiger partial charge in [0.15, 0.2) is 0 Å². The highest BCUT2D eigenvalue weighted by Crippen LogP contribution is 2.26. The minimum Gasteiger partial charge on any atom is -0.472 e. The topological polar surface area (TPSA) is 84.5 Å². The van der Waals surface area contributed by atoms with E-state index >= 15 is 0 Å². The van der Waals surface area contributed by atoms with Crippen LogP contribution < -0.4 is 20.7 Å². The Balaban J connectivity index is 1.48. The summed E-state index contributed by atoms with van der Waals surface area (Å²) in [4.78, 5) is 16.3. The summed E-state index contributed by atoms with van der Waals surface area (Å²) in [5, 5.41) is 9.17. The van der Waals surface area contributed by atoms with Gasteiger partial charge in [0, 0.05) is 30.9 Å². The zero-order valence-electron chi connectivity index (χ0n) is 14.1. The number of aromatic nitrogens is 1. The maximum atomic E-state index is 12.1. The summed E-state index contributed by atoms with van der Waals surface area (Å²) in [6.45, 7) is 6.22. The Morgan fingerprint density at radius 1 is 1.50 bits per heavy atom. The number of carbonyl (C=O) groups excluding carboxylic acids is 1. The number of rotatable bonds is 5. The van der Waals surface area contributed by atoms with E-state index < -0.39 is 0 Å². The average Bonchev–Trinajstić information content (AvgIpc) is 3.07. The quantitative estimate of drug-likeness (QED) is 0.764. The van der Waals surface area contributed by atoms with E-state index in [0.717, 1.165) is 39.0 Å². The van der Waals surface area contributed by atoms with Crippen LogP contribution in [0.2, 0.25) is 0 Å². The summed E-state index contributed by atoms with van der Waals surface area (Å²) in [5.41, 5.74) is 0.837. The molecule has 0 aromatic carbocycles. The van der Waals surface area contributed by atoms with Crippen LogP contribution in [0.3, 0.4) is 0 Å². The van der Waals surface area contributed by atoms with E-state index in [1.54, 1.807) is 18.3 Å². The molecular weight excluding hydrogens is 308 g/mol. The molecule has 2 aliphatic rings. The van der Waals surface area contributed by atoms with E-state index in [-0.39, 0.29) is 17.6 Å². The van der Waals surface area contributed by atoms with Gasteiger partial charge >= 0.3 is 6.03 Å². The lowest BCUT2D eigenvalue weighted by atomic mass is 9.81. The normalized spacial score (nSPS) is 22.8. The maximum Gasteiger partial charge on any atom is 0.319 e. The number of anilines is 1. The molecule has 7 heteroatoms. The Morgan fingerprint density at radius 2 is 2.33 bits per heavy atom. The molecule has 2 fully saturated rings. The van der Waals surface area contributed by atoms with Gasteiger partial charge in [0.05, 0.1) is 13.2 Å². The molecule has 0 radical (unpaired) electrons. The van der Waals surface area contributed by atoms with Crippen LogP contribution in [0, 0.1) is 5.41 Å². The zero-order valence-corrected chi connectivity index (χ0v) is 14.1. The van der Waals surface area contributed by atoms with Crippen molar-refractivity contribution in [1.29, 1.82) is 0 Å². The van der Waals surface area contributed by atoms with E-state index in [4.69, 9.17) is 9.47 Å². The van der Waals surface area contributed by atoms with Crippen molar-refractivity contribution in [2.24, 2.45) is 5.41 Å². The number of ether oxygens (including phenoxy) is 2. The Hall–Kier alpha value is -1.86. The van der Waals surface area contributed by atoms with Gasteiger partial charge in [-0.1, -0.05) is 6.92 Å². The van der Waals surface area contributed by atoms with E-state index in [1.165, 1.54) is 0 Å². The number of carbonyl (C=O) groups is 1. The van der Waals surface area contributed by atoms with Crippen molar-refractivity contribution < 1.29 is 14.3 Å². The molecule has 0 bridgehead atoms. The zero-order chi connectivity index (χ0) is 16.8. The smallest absolute Gasteiger partial charge is 0.319 e. The second-order valence-corrected chi connectivity index (χ2v) is 6.85. The largest absolute Gasteiger partial charge is 0.472 e. The highest BCUT2D eigenvalue weighted by atomic mass is 16.5. The summed E-state index contributed by atoms with van der Waals surface area (Å²) >= 11 is 0. The predicted molar refractivity (Wildman–Crippen MR) is 91.3 cm³/mol. The Labute approximate surface area is 142 Å². The molecule has 7 nitrogen and oxygen atoms in total. The fraction of sp³-hybridized carbons (Fsp3) is 0.647. The van der Waals surface area contributed by atoms with Gasteiger partial charge < -0.3 is 25.4 Å². The molecular formula is C17H26N4O3. The second-order valence-electron chi connectivity index (χ2n) is 6.85. The first-order valence-electron chi connectivity index (χ1n) is 8.59. The molecule has 132 valence electrons. The molecule has 1 aromatic heterocycles. The first-order chi connectivity index (χ1) is 11.6. The van der Waals surface area contributed by atoms with Crippen LogP contribution in [0.5, 0.6) is 5.88 Å². The van der Waals surface area contributed by atoms with Crippen LogP contribution >= 0.6 is 0 Å². The first kappa shape index (κ1) is 17.0. The van der Waals surface area contributed by atoms with Crippen molar-refractivity contribution >= 4 is 11.7 Å². The van der Waals surface area contributed by atoms with Crippen LogP contribution in [0.25, 0.3) is 0 Å². The number of piperidine rings is 1. The third-order valence-electron chi connectivity index (χ3n) is 4.65. The molecule has 1 atom stereocenters.